The van der Waals surface area contributed by atoms with Crippen molar-refractivity contribution < 1.29 is 4.42 Å². The van der Waals surface area contributed by atoms with Crippen molar-refractivity contribution in [3.05, 3.63) is 175 Å². The van der Waals surface area contributed by atoms with Crippen molar-refractivity contribution in [2.24, 2.45) is 0 Å². The van der Waals surface area contributed by atoms with Gasteiger partial charge in [0.1, 0.15) is 11.2 Å². The van der Waals surface area contributed by atoms with E-state index in [1.54, 1.807) is 0 Å². The molecule has 2 heterocycles. The Hall–Kier alpha value is -5.86. The number of hydrogen-bond acceptors (Lipinski definition) is 2. The standard InChI is InChI=1S/C45H33NO/c1-45(2)39-16-7-8-17-41(39)46(36-23-19-31(20-24-36)30-11-4-3-5-12-30)42-25-21-35(29-40(42)45)33-14-10-13-32(27-33)34-22-26-44-38(28-34)37-15-6-9-18-43(37)47-44/h3-29H,1-2H3. The van der Waals surface area contributed by atoms with Crippen LogP contribution in [0.15, 0.2) is 168 Å². The number of para-hydroxylation sites is 2. The van der Waals surface area contributed by atoms with E-state index in [9.17, 15) is 0 Å². The molecule has 1 aliphatic rings. The second-order valence-electron chi connectivity index (χ2n) is 13.0. The SMILES string of the molecule is CC1(C)c2ccccc2N(c2ccc(-c3ccccc3)cc2)c2ccc(-c3cccc(-c4ccc5oc6ccccc6c5c4)c3)cc21. The second kappa shape index (κ2) is 10.6. The summed E-state index contributed by atoms with van der Waals surface area (Å²) in [5.74, 6) is 0. The number of furan rings is 1. The molecule has 1 aromatic heterocycles. The summed E-state index contributed by atoms with van der Waals surface area (Å²) in [4.78, 5) is 2.43. The first kappa shape index (κ1) is 27.5. The molecule has 0 unspecified atom stereocenters. The predicted molar refractivity (Wildman–Crippen MR) is 197 cm³/mol. The zero-order valence-electron chi connectivity index (χ0n) is 26.4. The highest BCUT2D eigenvalue weighted by Crippen LogP contribution is 2.52. The highest BCUT2D eigenvalue weighted by molar-refractivity contribution is 6.06. The lowest BCUT2D eigenvalue weighted by Crippen LogP contribution is -2.30. The molecule has 0 amide bonds. The van der Waals surface area contributed by atoms with E-state index in [0.717, 1.165) is 27.6 Å². The van der Waals surface area contributed by atoms with Crippen molar-refractivity contribution in [1.29, 1.82) is 0 Å². The Labute approximate surface area is 275 Å². The largest absolute Gasteiger partial charge is 0.456 e. The van der Waals surface area contributed by atoms with Gasteiger partial charge in [-0.2, -0.15) is 0 Å². The summed E-state index contributed by atoms with van der Waals surface area (Å²) in [5.41, 5.74) is 15.2. The van der Waals surface area contributed by atoms with Crippen LogP contribution in [0.1, 0.15) is 25.0 Å². The van der Waals surface area contributed by atoms with Gasteiger partial charge in [-0.15, -0.1) is 0 Å². The monoisotopic (exact) mass is 603 g/mol. The maximum Gasteiger partial charge on any atom is 0.135 e. The number of fused-ring (bicyclic) bond motifs is 5. The van der Waals surface area contributed by atoms with Gasteiger partial charge in [0.05, 0.1) is 11.4 Å². The van der Waals surface area contributed by atoms with Crippen molar-refractivity contribution in [2.75, 3.05) is 4.90 Å². The third kappa shape index (κ3) is 4.48. The molecule has 2 heteroatoms. The second-order valence-corrected chi connectivity index (χ2v) is 13.0. The minimum Gasteiger partial charge on any atom is -0.456 e. The fourth-order valence-electron chi connectivity index (χ4n) is 7.38. The van der Waals surface area contributed by atoms with Gasteiger partial charge in [0.25, 0.3) is 0 Å². The maximum absolute atomic E-state index is 6.10. The van der Waals surface area contributed by atoms with Gasteiger partial charge in [-0.25, -0.2) is 0 Å². The Morgan fingerprint density at radius 3 is 1.81 bits per heavy atom. The van der Waals surface area contributed by atoms with Crippen molar-refractivity contribution in [3.8, 4) is 33.4 Å². The summed E-state index contributed by atoms with van der Waals surface area (Å²) in [6, 6.07) is 59.1. The molecular weight excluding hydrogens is 571 g/mol. The van der Waals surface area contributed by atoms with E-state index in [4.69, 9.17) is 4.42 Å². The molecule has 9 rings (SSSR count). The van der Waals surface area contributed by atoms with Crippen LogP contribution in [-0.2, 0) is 5.41 Å². The van der Waals surface area contributed by atoms with Gasteiger partial charge in [-0.3, -0.25) is 0 Å². The highest BCUT2D eigenvalue weighted by atomic mass is 16.3. The predicted octanol–water partition coefficient (Wildman–Crippen LogP) is 12.7. The molecule has 0 radical (unpaired) electrons. The third-order valence-corrected chi connectivity index (χ3v) is 9.87. The summed E-state index contributed by atoms with van der Waals surface area (Å²) < 4.78 is 6.10. The van der Waals surface area contributed by atoms with Gasteiger partial charge in [0, 0.05) is 21.9 Å². The Kier molecular flexibility index (Phi) is 6.20. The molecule has 0 saturated heterocycles. The van der Waals surface area contributed by atoms with Crippen LogP contribution in [0.5, 0.6) is 0 Å². The third-order valence-electron chi connectivity index (χ3n) is 9.87. The average Bonchev–Trinajstić information content (AvgIpc) is 3.50. The fourth-order valence-corrected chi connectivity index (χ4v) is 7.38. The zero-order valence-corrected chi connectivity index (χ0v) is 26.4. The molecule has 8 aromatic rings. The minimum atomic E-state index is -0.173. The Morgan fingerprint density at radius 2 is 0.979 bits per heavy atom. The van der Waals surface area contributed by atoms with Crippen LogP contribution in [0.3, 0.4) is 0 Å². The number of anilines is 3. The number of benzene rings is 7. The van der Waals surface area contributed by atoms with Crippen LogP contribution < -0.4 is 4.90 Å². The van der Waals surface area contributed by atoms with Crippen LogP contribution in [0.4, 0.5) is 17.1 Å². The van der Waals surface area contributed by atoms with Crippen molar-refractivity contribution in [3.63, 3.8) is 0 Å². The molecule has 0 fully saturated rings. The Morgan fingerprint density at radius 1 is 0.404 bits per heavy atom. The summed E-state index contributed by atoms with van der Waals surface area (Å²) in [5, 5.41) is 2.30. The lowest BCUT2D eigenvalue weighted by molar-refractivity contribution is 0.632. The minimum absolute atomic E-state index is 0.173. The van der Waals surface area contributed by atoms with E-state index in [-0.39, 0.29) is 5.41 Å². The lowest BCUT2D eigenvalue weighted by atomic mass is 9.73. The van der Waals surface area contributed by atoms with E-state index >= 15 is 0 Å². The molecule has 47 heavy (non-hydrogen) atoms. The maximum atomic E-state index is 6.10. The van der Waals surface area contributed by atoms with E-state index in [2.05, 4.69) is 170 Å². The van der Waals surface area contributed by atoms with Crippen molar-refractivity contribution in [2.45, 2.75) is 19.3 Å². The van der Waals surface area contributed by atoms with Crippen LogP contribution in [0, 0.1) is 0 Å². The first-order chi connectivity index (χ1) is 23.0. The molecule has 1 aliphatic heterocycles. The van der Waals surface area contributed by atoms with Crippen molar-refractivity contribution in [1.82, 2.24) is 0 Å². The lowest BCUT2D eigenvalue weighted by Gasteiger charge is -2.42. The van der Waals surface area contributed by atoms with E-state index < -0.39 is 0 Å². The van der Waals surface area contributed by atoms with Crippen LogP contribution in [0.25, 0.3) is 55.3 Å². The number of rotatable bonds is 4. The summed E-state index contributed by atoms with van der Waals surface area (Å²) in [7, 11) is 0. The van der Waals surface area contributed by atoms with Crippen LogP contribution in [0.2, 0.25) is 0 Å². The van der Waals surface area contributed by atoms with Gasteiger partial charge < -0.3 is 9.32 Å². The van der Waals surface area contributed by atoms with Crippen LogP contribution >= 0.6 is 0 Å². The summed E-state index contributed by atoms with van der Waals surface area (Å²) in [6.07, 6.45) is 0. The summed E-state index contributed by atoms with van der Waals surface area (Å²) in [6.45, 7) is 4.70. The molecule has 0 spiro atoms. The molecule has 2 nitrogen and oxygen atoms in total. The van der Waals surface area contributed by atoms with Gasteiger partial charge in [-0.05, 0) is 99.1 Å². The Bertz CT molecular complexity index is 2430. The normalized spacial score (nSPS) is 13.4. The Balaban J connectivity index is 1.13. The van der Waals surface area contributed by atoms with Crippen LogP contribution in [-0.4, -0.2) is 0 Å². The fraction of sp³-hybridized carbons (Fsp3) is 0.0667. The molecule has 7 aromatic carbocycles. The average molecular weight is 604 g/mol. The molecule has 0 saturated carbocycles. The highest BCUT2D eigenvalue weighted by Gasteiger charge is 2.37. The molecular formula is C45H33NO. The summed E-state index contributed by atoms with van der Waals surface area (Å²) >= 11 is 0. The van der Waals surface area contributed by atoms with Gasteiger partial charge in [0.2, 0.25) is 0 Å². The molecule has 224 valence electrons. The zero-order chi connectivity index (χ0) is 31.5. The molecule has 0 atom stereocenters. The number of nitrogens with zero attached hydrogens (tertiary/aromatic N) is 1. The number of hydrogen-bond donors (Lipinski definition) is 0. The van der Waals surface area contributed by atoms with Gasteiger partial charge >= 0.3 is 0 Å². The quantitative estimate of drug-likeness (QED) is 0.199. The van der Waals surface area contributed by atoms with E-state index in [0.29, 0.717) is 0 Å². The molecule has 0 N–H and O–H groups in total. The first-order valence-corrected chi connectivity index (χ1v) is 16.3. The van der Waals surface area contributed by atoms with E-state index in [1.807, 2.05) is 12.1 Å². The molecule has 0 aliphatic carbocycles. The molecule has 0 bridgehead atoms. The van der Waals surface area contributed by atoms with Gasteiger partial charge in [-0.1, -0.05) is 123 Å². The van der Waals surface area contributed by atoms with Crippen molar-refractivity contribution >= 4 is 39.0 Å². The van der Waals surface area contributed by atoms with Gasteiger partial charge in [0.15, 0.2) is 0 Å². The van der Waals surface area contributed by atoms with E-state index in [1.165, 1.54) is 55.9 Å². The smallest absolute Gasteiger partial charge is 0.135 e. The topological polar surface area (TPSA) is 16.4 Å². The first-order valence-electron chi connectivity index (χ1n) is 16.3.